The Balaban J connectivity index is 0.00000220. The molecule has 0 atom stereocenters. The van der Waals surface area contributed by atoms with Gasteiger partial charge in [-0.1, -0.05) is 0 Å². The summed E-state index contributed by atoms with van der Waals surface area (Å²) in [4.78, 5) is 0. The Morgan fingerprint density at radius 3 is 2.05 bits per heavy atom. The topological polar surface area (TPSA) is 0 Å². The van der Waals surface area contributed by atoms with Gasteiger partial charge in [-0.25, -0.2) is 0 Å². The molecule has 2 rings (SSSR count). The Morgan fingerprint density at radius 1 is 1.00 bits per heavy atom. The molecule has 0 spiro atoms. The summed E-state index contributed by atoms with van der Waals surface area (Å²) < 4.78 is 3.86. The van der Waals surface area contributed by atoms with E-state index in [0.29, 0.717) is 0 Å². The van der Waals surface area contributed by atoms with Crippen molar-refractivity contribution in [2.75, 3.05) is 0 Å². The number of allylic oxidation sites excluding steroid dienone is 8. The third-order valence-corrected chi connectivity index (χ3v) is 21.8. The molecular weight excluding hydrogens is 406 g/mol. The van der Waals surface area contributed by atoms with Crippen molar-refractivity contribution >= 4 is 5.43 Å². The molecule has 0 nitrogen and oxygen atoms in total. The fourth-order valence-electron chi connectivity index (χ4n) is 3.74. The van der Waals surface area contributed by atoms with E-state index in [1.807, 2.05) is 6.56 Å². The van der Waals surface area contributed by atoms with Crippen molar-refractivity contribution in [3.8, 4) is 0 Å². The number of hydrogen-bond donors (Lipinski definition) is 0. The third kappa shape index (κ3) is 4.59. The van der Waals surface area contributed by atoms with Crippen molar-refractivity contribution in [2.45, 2.75) is 66.0 Å². The van der Waals surface area contributed by atoms with E-state index >= 15 is 0 Å². The first-order valence-corrected chi connectivity index (χ1v) is 16.8. The van der Waals surface area contributed by atoms with Crippen LogP contribution in [0.25, 0.3) is 0 Å². The summed E-state index contributed by atoms with van der Waals surface area (Å²) in [6, 6.07) is 0. The van der Waals surface area contributed by atoms with Crippen LogP contribution in [-0.4, -0.2) is 5.43 Å². The molecule has 0 amide bonds. The molecule has 0 saturated carbocycles. The molecule has 0 bridgehead atoms. The maximum atomic E-state index is 2.58. The Bertz CT molecular complexity index is 562. The van der Waals surface area contributed by atoms with Gasteiger partial charge in [0, 0.05) is 0 Å². The summed E-state index contributed by atoms with van der Waals surface area (Å²) in [7, 11) is 0. The molecule has 0 fully saturated rings. The second-order valence-corrected chi connectivity index (χ2v) is 23.2. The van der Waals surface area contributed by atoms with Crippen LogP contribution in [0.2, 0.25) is 13.1 Å². The first-order valence-electron chi connectivity index (χ1n) is 8.11. The molecule has 122 valence electrons. The molecule has 4 heteroatoms. The first kappa shape index (κ1) is 22.6. The van der Waals surface area contributed by atoms with Crippen molar-refractivity contribution in [1.29, 1.82) is 0 Å². The molecule has 0 radical (unpaired) electrons. The molecule has 0 aliphatic heterocycles. The first-order chi connectivity index (χ1) is 9.63. The average Bonchev–Trinajstić information content (AvgIpc) is 3.05. The summed E-state index contributed by atoms with van der Waals surface area (Å²) in [6.45, 7) is 12.2. The second kappa shape index (κ2) is 10.5. The third-order valence-electron chi connectivity index (χ3n) is 4.57. The average molecular weight is 435 g/mol. The maximum Gasteiger partial charge on any atom is -1.00 e. The van der Waals surface area contributed by atoms with E-state index in [4.69, 9.17) is 0 Å². The van der Waals surface area contributed by atoms with E-state index in [0.717, 1.165) is 0 Å². The summed E-state index contributed by atoms with van der Waals surface area (Å²) in [5.41, 5.74) is 5.18. The predicted molar refractivity (Wildman–Crippen MR) is 88.9 cm³/mol. The van der Waals surface area contributed by atoms with Gasteiger partial charge < -0.3 is 24.8 Å². The zero-order chi connectivity index (χ0) is 14.7. The SMILES string of the molecule is CCC1=C(CC)C(CC)=[C]([Zr+2]([C]2=CC=CC2)=[Si](C)C)C1.[Cl-].[Cl-]. The van der Waals surface area contributed by atoms with Crippen molar-refractivity contribution in [1.82, 2.24) is 0 Å². The second-order valence-electron chi connectivity index (χ2n) is 5.98. The normalized spacial score (nSPS) is 16.1. The molecule has 0 aromatic carbocycles. The molecule has 0 saturated heterocycles. The summed E-state index contributed by atoms with van der Waals surface area (Å²) in [5, 5.41) is 0. The minimum Gasteiger partial charge on any atom is -1.00 e. The van der Waals surface area contributed by atoms with Crippen LogP contribution in [0.4, 0.5) is 0 Å². The zero-order valence-corrected chi connectivity index (χ0v) is 19.5. The van der Waals surface area contributed by atoms with Crippen LogP contribution < -0.4 is 24.8 Å². The quantitative estimate of drug-likeness (QED) is 0.530. The smallest absolute Gasteiger partial charge is 1.00 e. The molecule has 0 aromatic heterocycles. The molecule has 0 N–H and O–H groups in total. The van der Waals surface area contributed by atoms with E-state index in [1.54, 1.807) is 16.7 Å². The van der Waals surface area contributed by atoms with Gasteiger partial charge in [-0.15, -0.1) is 0 Å². The Kier molecular flexibility index (Phi) is 10.8. The summed E-state index contributed by atoms with van der Waals surface area (Å²) in [6.07, 6.45) is 13.6. The Labute approximate surface area is 157 Å². The van der Waals surface area contributed by atoms with Crippen LogP contribution in [-0.2, 0) is 20.4 Å². The van der Waals surface area contributed by atoms with Gasteiger partial charge >= 0.3 is 133 Å². The molecule has 2 aliphatic carbocycles. The van der Waals surface area contributed by atoms with E-state index in [-0.39, 0.29) is 30.2 Å². The van der Waals surface area contributed by atoms with E-state index in [1.165, 1.54) is 32.1 Å². The van der Waals surface area contributed by atoms with Crippen LogP contribution in [0, 0.1) is 0 Å². The summed E-state index contributed by atoms with van der Waals surface area (Å²) >= 11 is -1.53. The Morgan fingerprint density at radius 2 is 1.64 bits per heavy atom. The molecule has 0 heterocycles. The van der Waals surface area contributed by atoms with Gasteiger partial charge in [0.05, 0.1) is 0 Å². The minimum atomic E-state index is -1.53. The largest absolute Gasteiger partial charge is 1.00 e. The molecule has 0 unspecified atom stereocenters. The van der Waals surface area contributed by atoms with Gasteiger partial charge in [0.1, 0.15) is 0 Å². The molecule has 2 aliphatic rings. The van der Waals surface area contributed by atoms with E-state index in [2.05, 4.69) is 52.1 Å². The monoisotopic (exact) mass is 432 g/mol. The number of rotatable bonds is 5. The van der Waals surface area contributed by atoms with E-state index in [9.17, 15) is 0 Å². The predicted octanol–water partition coefficient (Wildman–Crippen LogP) is -0.108. The van der Waals surface area contributed by atoms with Crippen molar-refractivity contribution < 1.29 is 45.2 Å². The van der Waals surface area contributed by atoms with Crippen LogP contribution >= 0.6 is 0 Å². The van der Waals surface area contributed by atoms with E-state index < -0.39 is 20.4 Å². The fourth-order valence-corrected chi connectivity index (χ4v) is 21.6. The minimum absolute atomic E-state index is 0. The van der Waals surface area contributed by atoms with Gasteiger partial charge in [-0.2, -0.15) is 0 Å². The fraction of sp³-hybridized carbons (Fsp3) is 0.556. The van der Waals surface area contributed by atoms with Crippen LogP contribution in [0.1, 0.15) is 52.9 Å². The van der Waals surface area contributed by atoms with Crippen molar-refractivity contribution in [3.05, 3.63) is 41.5 Å². The van der Waals surface area contributed by atoms with Crippen LogP contribution in [0.3, 0.4) is 0 Å². The van der Waals surface area contributed by atoms with Gasteiger partial charge in [0.2, 0.25) is 0 Å². The molecule has 22 heavy (non-hydrogen) atoms. The number of halogens is 2. The molecular formula is C18H28Cl2SiZr. The summed E-state index contributed by atoms with van der Waals surface area (Å²) in [5.74, 6) is 0. The van der Waals surface area contributed by atoms with Crippen LogP contribution in [0.5, 0.6) is 0 Å². The van der Waals surface area contributed by atoms with Gasteiger partial charge in [0.15, 0.2) is 0 Å². The van der Waals surface area contributed by atoms with Gasteiger partial charge in [-0.3, -0.25) is 0 Å². The van der Waals surface area contributed by atoms with Gasteiger partial charge in [-0.05, 0) is 0 Å². The standard InChI is InChI=1S/C11H17.C5H5.C2H6Si.2ClH.Zr/c1-4-9-7-8-10(5-2)11(9)6-3;1-2-4-5-3-1;1-3-2;;;/h4-7H2,1-3H3;1-3H,4H2;1-2H3;2*1H;/q;;;;;+2/p-2. The maximum absolute atomic E-state index is 2.58. The zero-order valence-electron chi connectivity index (χ0n) is 14.5. The van der Waals surface area contributed by atoms with Gasteiger partial charge in [0.25, 0.3) is 0 Å². The van der Waals surface area contributed by atoms with Crippen molar-refractivity contribution in [3.63, 3.8) is 0 Å². The molecule has 0 aromatic rings. The van der Waals surface area contributed by atoms with Crippen LogP contribution in [0.15, 0.2) is 41.5 Å². The Hall–Kier alpha value is 0.640. The van der Waals surface area contributed by atoms with Crippen molar-refractivity contribution in [2.24, 2.45) is 0 Å². The number of hydrogen-bond acceptors (Lipinski definition) is 0.